The maximum atomic E-state index is 12.5. The number of amides is 1. The monoisotopic (exact) mass is 368 g/mol. The molecule has 0 aliphatic heterocycles. The smallest absolute Gasteiger partial charge is 0.265 e. The molecule has 0 saturated carbocycles. The van der Waals surface area contributed by atoms with E-state index in [0.29, 0.717) is 16.4 Å². The highest BCUT2D eigenvalue weighted by atomic mass is 35.5. The summed E-state index contributed by atoms with van der Waals surface area (Å²) in [6, 6.07) is 15.2. The number of nitrogens with one attached hydrogen (secondary N) is 1. The van der Waals surface area contributed by atoms with Gasteiger partial charge in [0, 0.05) is 15.4 Å². The van der Waals surface area contributed by atoms with Crippen LogP contribution in [0.3, 0.4) is 0 Å². The predicted octanol–water partition coefficient (Wildman–Crippen LogP) is 4.45. The summed E-state index contributed by atoms with van der Waals surface area (Å²) in [6.45, 7) is 0.644. The van der Waals surface area contributed by atoms with Crippen LogP contribution in [0.1, 0.15) is 15.2 Å². The average Bonchev–Trinajstić information content (AvgIpc) is 3.25. The lowest BCUT2D eigenvalue weighted by molar-refractivity contribution is 0.103. The number of anilines is 1. The lowest BCUT2D eigenvalue weighted by Crippen LogP contribution is -2.10. The summed E-state index contributed by atoms with van der Waals surface area (Å²) < 4.78 is 2.75. The van der Waals surface area contributed by atoms with Gasteiger partial charge in [-0.25, -0.2) is 9.67 Å². The summed E-state index contributed by atoms with van der Waals surface area (Å²) in [6.07, 6.45) is 3.18. The van der Waals surface area contributed by atoms with E-state index in [2.05, 4.69) is 15.4 Å². The van der Waals surface area contributed by atoms with Crippen LogP contribution < -0.4 is 5.32 Å². The van der Waals surface area contributed by atoms with Crippen LogP contribution in [0.5, 0.6) is 0 Å². The standard InChI is InChI=1S/C18H13ClN4OS/c19-14-4-3-13-7-17(25-16(13)8-14)18(24)22-15-5-1-12(2-6-15)9-23-11-20-10-21-23/h1-8,10-11H,9H2,(H,22,24). The molecule has 0 aliphatic rings. The SMILES string of the molecule is O=C(Nc1ccc(Cn2cncn2)cc1)c1cc2ccc(Cl)cc2s1. The maximum Gasteiger partial charge on any atom is 0.265 e. The van der Waals surface area contributed by atoms with Crippen LogP contribution in [0.15, 0.2) is 61.2 Å². The normalized spacial score (nSPS) is 10.9. The number of rotatable bonds is 4. The molecule has 124 valence electrons. The van der Waals surface area contributed by atoms with E-state index in [1.165, 1.54) is 17.7 Å². The Morgan fingerprint density at radius 3 is 2.76 bits per heavy atom. The lowest BCUT2D eigenvalue weighted by atomic mass is 10.2. The van der Waals surface area contributed by atoms with Gasteiger partial charge in [-0.05, 0) is 41.3 Å². The van der Waals surface area contributed by atoms with E-state index in [9.17, 15) is 4.79 Å². The number of carbonyl (C=O) groups is 1. The molecule has 5 nitrogen and oxygen atoms in total. The number of thiophene rings is 1. The van der Waals surface area contributed by atoms with Crippen LogP contribution in [0.25, 0.3) is 10.1 Å². The Balaban J connectivity index is 1.47. The molecule has 7 heteroatoms. The van der Waals surface area contributed by atoms with E-state index in [-0.39, 0.29) is 5.91 Å². The van der Waals surface area contributed by atoms with Crippen molar-refractivity contribution in [3.63, 3.8) is 0 Å². The molecule has 0 spiro atoms. The lowest BCUT2D eigenvalue weighted by Gasteiger charge is -2.05. The molecular weight excluding hydrogens is 356 g/mol. The predicted molar refractivity (Wildman–Crippen MR) is 100 cm³/mol. The molecule has 1 amide bonds. The Hall–Kier alpha value is -2.70. The largest absolute Gasteiger partial charge is 0.321 e. The van der Waals surface area contributed by atoms with Gasteiger partial charge in [0.25, 0.3) is 5.91 Å². The summed E-state index contributed by atoms with van der Waals surface area (Å²) in [5.74, 6) is -0.124. The molecule has 0 saturated heterocycles. The van der Waals surface area contributed by atoms with Gasteiger partial charge in [-0.2, -0.15) is 5.10 Å². The molecule has 0 bridgehead atoms. The highest BCUT2D eigenvalue weighted by Gasteiger charge is 2.11. The van der Waals surface area contributed by atoms with Gasteiger partial charge in [0.15, 0.2) is 0 Å². The van der Waals surface area contributed by atoms with Crippen molar-refractivity contribution in [1.29, 1.82) is 0 Å². The molecule has 25 heavy (non-hydrogen) atoms. The first-order valence-corrected chi connectivity index (χ1v) is 8.79. The van der Waals surface area contributed by atoms with Crippen molar-refractivity contribution < 1.29 is 4.79 Å². The van der Waals surface area contributed by atoms with E-state index in [4.69, 9.17) is 11.6 Å². The molecule has 2 aromatic heterocycles. The Kier molecular flexibility index (Phi) is 4.21. The Morgan fingerprint density at radius 1 is 1.16 bits per heavy atom. The summed E-state index contributed by atoms with van der Waals surface area (Å²) >= 11 is 7.43. The first kappa shape index (κ1) is 15.8. The Labute approximate surface area is 152 Å². The van der Waals surface area contributed by atoms with Gasteiger partial charge in [0.05, 0.1) is 11.4 Å². The van der Waals surface area contributed by atoms with E-state index in [0.717, 1.165) is 21.3 Å². The van der Waals surface area contributed by atoms with Crippen molar-refractivity contribution >= 4 is 44.6 Å². The van der Waals surface area contributed by atoms with Gasteiger partial charge < -0.3 is 5.32 Å². The fraction of sp³-hybridized carbons (Fsp3) is 0.0556. The fourth-order valence-electron chi connectivity index (χ4n) is 2.50. The second-order valence-corrected chi connectivity index (χ2v) is 7.06. The number of fused-ring (bicyclic) bond motifs is 1. The Bertz CT molecular complexity index is 1030. The molecule has 2 heterocycles. The third-order valence-corrected chi connectivity index (χ3v) is 5.06. The summed E-state index contributed by atoms with van der Waals surface area (Å²) in [7, 11) is 0. The minimum atomic E-state index is -0.124. The van der Waals surface area contributed by atoms with Gasteiger partial charge in [0.1, 0.15) is 12.7 Å². The number of aromatic nitrogens is 3. The van der Waals surface area contributed by atoms with Crippen LogP contribution in [0, 0.1) is 0 Å². The van der Waals surface area contributed by atoms with Crippen molar-refractivity contribution in [2.24, 2.45) is 0 Å². The highest BCUT2D eigenvalue weighted by Crippen LogP contribution is 2.28. The number of halogens is 1. The number of hydrogen-bond acceptors (Lipinski definition) is 4. The molecule has 0 aliphatic carbocycles. The minimum absolute atomic E-state index is 0.124. The van der Waals surface area contributed by atoms with Crippen molar-refractivity contribution in [1.82, 2.24) is 14.8 Å². The molecule has 0 atom stereocenters. The van der Waals surface area contributed by atoms with Crippen molar-refractivity contribution in [2.45, 2.75) is 6.54 Å². The highest BCUT2D eigenvalue weighted by molar-refractivity contribution is 7.21. The van der Waals surface area contributed by atoms with Crippen LogP contribution in [-0.2, 0) is 6.54 Å². The second kappa shape index (κ2) is 6.66. The zero-order chi connectivity index (χ0) is 17.2. The zero-order valence-corrected chi connectivity index (χ0v) is 14.6. The zero-order valence-electron chi connectivity index (χ0n) is 13.0. The number of hydrogen-bond donors (Lipinski definition) is 1. The van der Waals surface area contributed by atoms with Crippen LogP contribution >= 0.6 is 22.9 Å². The maximum absolute atomic E-state index is 12.5. The molecule has 4 aromatic rings. The quantitative estimate of drug-likeness (QED) is 0.579. The van der Waals surface area contributed by atoms with Crippen molar-refractivity contribution in [2.75, 3.05) is 5.32 Å². The van der Waals surface area contributed by atoms with E-state index < -0.39 is 0 Å². The fourth-order valence-corrected chi connectivity index (χ4v) is 3.74. The van der Waals surface area contributed by atoms with Gasteiger partial charge in [-0.3, -0.25) is 4.79 Å². The third kappa shape index (κ3) is 3.55. The first-order valence-electron chi connectivity index (χ1n) is 7.59. The van der Waals surface area contributed by atoms with Crippen LogP contribution in [-0.4, -0.2) is 20.7 Å². The molecule has 0 unspecified atom stereocenters. The number of benzene rings is 2. The van der Waals surface area contributed by atoms with Gasteiger partial charge >= 0.3 is 0 Å². The summed E-state index contributed by atoms with van der Waals surface area (Å²) in [5.41, 5.74) is 1.84. The second-order valence-electron chi connectivity index (χ2n) is 5.54. The Morgan fingerprint density at radius 2 is 2.00 bits per heavy atom. The topological polar surface area (TPSA) is 59.8 Å². The molecule has 4 rings (SSSR count). The summed E-state index contributed by atoms with van der Waals surface area (Å²) in [4.78, 5) is 17.0. The van der Waals surface area contributed by atoms with Crippen LogP contribution in [0.4, 0.5) is 5.69 Å². The summed E-state index contributed by atoms with van der Waals surface area (Å²) in [5, 5.41) is 8.69. The van der Waals surface area contributed by atoms with E-state index >= 15 is 0 Å². The number of nitrogens with zero attached hydrogens (tertiary/aromatic N) is 3. The molecule has 0 fully saturated rings. The van der Waals surface area contributed by atoms with Gasteiger partial charge in [0.2, 0.25) is 0 Å². The van der Waals surface area contributed by atoms with Gasteiger partial charge in [-0.1, -0.05) is 29.8 Å². The molecule has 2 aromatic carbocycles. The van der Waals surface area contributed by atoms with E-state index in [1.54, 1.807) is 11.0 Å². The number of carbonyl (C=O) groups excluding carboxylic acids is 1. The average molecular weight is 369 g/mol. The van der Waals surface area contributed by atoms with Crippen LogP contribution in [0.2, 0.25) is 5.02 Å². The van der Waals surface area contributed by atoms with Crippen molar-refractivity contribution in [3.05, 3.63) is 76.6 Å². The first-order chi connectivity index (χ1) is 12.2. The van der Waals surface area contributed by atoms with E-state index in [1.807, 2.05) is 48.5 Å². The molecule has 1 N–H and O–H groups in total. The molecule has 0 radical (unpaired) electrons. The third-order valence-electron chi connectivity index (χ3n) is 3.73. The van der Waals surface area contributed by atoms with Crippen molar-refractivity contribution in [3.8, 4) is 0 Å². The molecular formula is C18H13ClN4OS. The van der Waals surface area contributed by atoms with Gasteiger partial charge in [-0.15, -0.1) is 11.3 Å². The minimum Gasteiger partial charge on any atom is -0.321 e.